The third-order valence-corrected chi connectivity index (χ3v) is 8.65. The predicted molar refractivity (Wildman–Crippen MR) is 193 cm³/mol. The number of benzene rings is 7. The van der Waals surface area contributed by atoms with Gasteiger partial charge in [-0.2, -0.15) is 0 Å². The Hall–Kier alpha value is -5.58. The van der Waals surface area contributed by atoms with Gasteiger partial charge >= 0.3 is 0 Å². The number of hydrogen-bond acceptors (Lipinski definition) is 3. The Kier molecular flexibility index (Phi) is 7.33. The molecular weight excluding hydrogens is 630 g/mol. The third-order valence-electron chi connectivity index (χ3n) is 8.15. The van der Waals surface area contributed by atoms with Gasteiger partial charge in [-0.25, -0.2) is 0 Å². The molecule has 1 heterocycles. The normalized spacial score (nSPS) is 11.2. The van der Waals surface area contributed by atoms with Crippen molar-refractivity contribution < 1.29 is 9.15 Å². The molecule has 0 aliphatic carbocycles. The molecule has 0 radical (unpaired) electrons. The first-order valence-electron chi connectivity index (χ1n) is 15.2. The number of ether oxygens (including phenoxy) is 1. The topological polar surface area (TPSA) is 25.6 Å². The number of nitrogens with zero attached hydrogens (tertiary/aromatic N) is 1. The Morgan fingerprint density at radius 3 is 1.78 bits per heavy atom. The highest BCUT2D eigenvalue weighted by atomic mass is 79.9. The van der Waals surface area contributed by atoms with Crippen molar-refractivity contribution in [2.24, 2.45) is 0 Å². The van der Waals surface area contributed by atoms with Crippen LogP contribution in [0.5, 0.6) is 11.5 Å². The van der Waals surface area contributed by atoms with Gasteiger partial charge in [0, 0.05) is 38.8 Å². The Bertz CT molecular complexity index is 2240. The van der Waals surface area contributed by atoms with E-state index in [1.807, 2.05) is 48.5 Å². The summed E-state index contributed by atoms with van der Waals surface area (Å²) in [6.45, 7) is 0. The van der Waals surface area contributed by atoms with Crippen molar-refractivity contribution in [1.29, 1.82) is 0 Å². The Labute approximate surface area is 276 Å². The number of rotatable bonds is 7. The fraction of sp³-hybridized carbons (Fsp3) is 0. The van der Waals surface area contributed by atoms with Gasteiger partial charge in [-0.1, -0.05) is 137 Å². The first-order valence-corrected chi connectivity index (χ1v) is 16.0. The maximum Gasteiger partial charge on any atom is 0.141 e. The molecule has 1 aromatic heterocycles. The molecule has 7 aromatic carbocycles. The molecular formula is C42H28BrNO2. The van der Waals surface area contributed by atoms with Crippen molar-refractivity contribution >= 4 is 54.9 Å². The minimum Gasteiger partial charge on any atom is -0.456 e. The quantitative estimate of drug-likeness (QED) is 0.170. The molecule has 0 atom stereocenters. The van der Waals surface area contributed by atoms with Gasteiger partial charge in [0.25, 0.3) is 0 Å². The van der Waals surface area contributed by atoms with E-state index in [0.717, 1.165) is 77.2 Å². The molecule has 46 heavy (non-hydrogen) atoms. The first-order chi connectivity index (χ1) is 22.7. The fourth-order valence-electron chi connectivity index (χ4n) is 6.14. The van der Waals surface area contributed by atoms with Crippen LogP contribution in [0, 0.1) is 0 Å². The summed E-state index contributed by atoms with van der Waals surface area (Å²) in [4.78, 5) is 2.32. The summed E-state index contributed by atoms with van der Waals surface area (Å²) in [5, 5.41) is 1.95. The molecule has 220 valence electrons. The van der Waals surface area contributed by atoms with E-state index in [1.165, 1.54) is 0 Å². The minimum atomic E-state index is 0.724. The zero-order valence-electron chi connectivity index (χ0n) is 24.8. The lowest BCUT2D eigenvalue weighted by Gasteiger charge is -2.31. The van der Waals surface area contributed by atoms with Crippen LogP contribution in [0.1, 0.15) is 0 Å². The van der Waals surface area contributed by atoms with E-state index in [9.17, 15) is 0 Å². The van der Waals surface area contributed by atoms with Crippen molar-refractivity contribution in [3.05, 3.63) is 174 Å². The van der Waals surface area contributed by atoms with Gasteiger partial charge in [-0.15, -0.1) is 0 Å². The minimum absolute atomic E-state index is 0.724. The van der Waals surface area contributed by atoms with Crippen LogP contribution in [-0.4, -0.2) is 0 Å². The molecule has 0 aliphatic rings. The summed E-state index contributed by atoms with van der Waals surface area (Å²) in [5.74, 6) is 1.48. The molecule has 4 heteroatoms. The van der Waals surface area contributed by atoms with Crippen molar-refractivity contribution in [1.82, 2.24) is 0 Å². The Balaban J connectivity index is 1.46. The first kappa shape index (κ1) is 27.9. The largest absolute Gasteiger partial charge is 0.456 e. The van der Waals surface area contributed by atoms with Crippen LogP contribution < -0.4 is 9.64 Å². The second kappa shape index (κ2) is 12.1. The molecule has 0 spiro atoms. The number of anilines is 3. The summed E-state index contributed by atoms with van der Waals surface area (Å²) >= 11 is 3.75. The SMILES string of the molecule is Brc1cccc(N(c2cc(Oc3ccccc3)c3c(c2)oc2ccccc23)c2c(-c3ccccc3)cccc2-c2ccccc2)c1. The number of furan rings is 1. The van der Waals surface area contributed by atoms with Crippen molar-refractivity contribution in [2.75, 3.05) is 4.90 Å². The van der Waals surface area contributed by atoms with Gasteiger partial charge in [-0.05, 0) is 47.5 Å². The average Bonchev–Trinajstić information content (AvgIpc) is 3.49. The Morgan fingerprint density at radius 2 is 1.11 bits per heavy atom. The fourth-order valence-corrected chi connectivity index (χ4v) is 6.52. The molecule has 0 saturated carbocycles. The predicted octanol–water partition coefficient (Wildman–Crippen LogP) is 12.9. The maximum absolute atomic E-state index is 6.68. The third kappa shape index (κ3) is 5.23. The maximum atomic E-state index is 6.68. The van der Waals surface area contributed by atoms with Gasteiger partial charge < -0.3 is 14.1 Å². The van der Waals surface area contributed by atoms with E-state index in [2.05, 4.69) is 142 Å². The highest BCUT2D eigenvalue weighted by Crippen LogP contribution is 2.49. The summed E-state index contributed by atoms with van der Waals surface area (Å²) in [6, 6.07) is 58.4. The van der Waals surface area contributed by atoms with Crippen LogP contribution in [0.4, 0.5) is 17.1 Å². The molecule has 0 fully saturated rings. The highest BCUT2D eigenvalue weighted by molar-refractivity contribution is 9.10. The van der Waals surface area contributed by atoms with Gasteiger partial charge in [0.15, 0.2) is 0 Å². The van der Waals surface area contributed by atoms with Gasteiger partial charge in [0.05, 0.1) is 16.8 Å². The zero-order chi connectivity index (χ0) is 30.9. The number of fused-ring (bicyclic) bond motifs is 3. The number of hydrogen-bond donors (Lipinski definition) is 0. The molecule has 0 saturated heterocycles. The van der Waals surface area contributed by atoms with Crippen molar-refractivity contribution in [3.63, 3.8) is 0 Å². The van der Waals surface area contributed by atoms with E-state index < -0.39 is 0 Å². The van der Waals surface area contributed by atoms with Crippen LogP contribution in [0.15, 0.2) is 179 Å². The zero-order valence-corrected chi connectivity index (χ0v) is 26.4. The smallest absolute Gasteiger partial charge is 0.141 e. The van der Waals surface area contributed by atoms with Gasteiger partial charge in [0.1, 0.15) is 22.7 Å². The monoisotopic (exact) mass is 657 g/mol. The lowest BCUT2D eigenvalue weighted by molar-refractivity contribution is 0.488. The van der Waals surface area contributed by atoms with E-state index in [4.69, 9.17) is 9.15 Å². The number of para-hydroxylation sites is 3. The van der Waals surface area contributed by atoms with E-state index in [1.54, 1.807) is 0 Å². The van der Waals surface area contributed by atoms with E-state index in [0.29, 0.717) is 0 Å². The lowest BCUT2D eigenvalue weighted by Crippen LogP contribution is -2.13. The molecule has 3 nitrogen and oxygen atoms in total. The average molecular weight is 659 g/mol. The molecule has 0 aliphatic heterocycles. The summed E-state index contributed by atoms with van der Waals surface area (Å²) in [7, 11) is 0. The summed E-state index contributed by atoms with van der Waals surface area (Å²) in [5.41, 5.74) is 9.00. The van der Waals surface area contributed by atoms with Gasteiger partial charge in [-0.3, -0.25) is 0 Å². The van der Waals surface area contributed by atoms with Crippen LogP contribution in [0.2, 0.25) is 0 Å². The van der Waals surface area contributed by atoms with Gasteiger partial charge in [0.2, 0.25) is 0 Å². The lowest BCUT2D eigenvalue weighted by atomic mass is 9.94. The molecule has 0 unspecified atom stereocenters. The molecule has 0 N–H and O–H groups in total. The highest BCUT2D eigenvalue weighted by Gasteiger charge is 2.25. The molecule has 8 aromatic rings. The Morgan fingerprint density at radius 1 is 0.500 bits per heavy atom. The molecule has 0 amide bonds. The van der Waals surface area contributed by atoms with Crippen molar-refractivity contribution in [3.8, 4) is 33.8 Å². The van der Waals surface area contributed by atoms with E-state index >= 15 is 0 Å². The molecule has 0 bridgehead atoms. The summed E-state index contributed by atoms with van der Waals surface area (Å²) < 4.78 is 14.2. The standard InChI is InChI=1S/C42H28BrNO2/c43-31-18-12-19-32(26-31)44(42-35(29-14-4-1-5-15-29)23-13-24-36(42)30-16-6-2-7-17-30)33-27-39(45-34-20-8-3-9-21-34)41-37-22-10-11-25-38(37)46-40(41)28-33/h1-28H. The summed E-state index contributed by atoms with van der Waals surface area (Å²) in [6.07, 6.45) is 0. The second-order valence-electron chi connectivity index (χ2n) is 11.1. The van der Waals surface area contributed by atoms with Crippen LogP contribution in [-0.2, 0) is 0 Å². The van der Waals surface area contributed by atoms with E-state index in [-0.39, 0.29) is 0 Å². The second-order valence-corrected chi connectivity index (χ2v) is 12.0. The van der Waals surface area contributed by atoms with Crippen molar-refractivity contribution in [2.45, 2.75) is 0 Å². The van der Waals surface area contributed by atoms with Crippen LogP contribution in [0.25, 0.3) is 44.2 Å². The molecule has 8 rings (SSSR count). The van der Waals surface area contributed by atoms with Crippen LogP contribution >= 0.6 is 15.9 Å². The van der Waals surface area contributed by atoms with Crippen LogP contribution in [0.3, 0.4) is 0 Å². The number of halogens is 1.